The van der Waals surface area contributed by atoms with Gasteiger partial charge in [-0.05, 0) is 30.9 Å². The normalized spacial score (nSPS) is 17.0. The van der Waals surface area contributed by atoms with Gasteiger partial charge in [-0.3, -0.25) is 14.9 Å². The number of carbonyl (C=O) groups is 2. The van der Waals surface area contributed by atoms with Gasteiger partial charge in [-0.25, -0.2) is 4.79 Å². The van der Waals surface area contributed by atoms with Crippen LogP contribution in [0.25, 0.3) is 0 Å². The van der Waals surface area contributed by atoms with E-state index in [-0.39, 0.29) is 17.2 Å². The summed E-state index contributed by atoms with van der Waals surface area (Å²) in [7, 11) is 0. The van der Waals surface area contributed by atoms with Crippen LogP contribution in [0.2, 0.25) is 0 Å². The van der Waals surface area contributed by atoms with Crippen molar-refractivity contribution in [1.82, 2.24) is 4.90 Å². The van der Waals surface area contributed by atoms with Crippen LogP contribution >= 0.6 is 0 Å². The molecule has 23 heavy (non-hydrogen) atoms. The largest absolute Gasteiger partial charge is 0.465 e. The predicted molar refractivity (Wildman–Crippen MR) is 82.4 cm³/mol. The molecule has 124 valence electrons. The quantitative estimate of drug-likeness (QED) is 0.535. The first-order chi connectivity index (χ1) is 10.9. The highest BCUT2D eigenvalue weighted by atomic mass is 16.6. The molecule has 1 aromatic carbocycles. The molecule has 2 rings (SSSR count). The van der Waals surface area contributed by atoms with E-state index < -0.39 is 16.9 Å². The van der Waals surface area contributed by atoms with Gasteiger partial charge in [-0.2, -0.15) is 0 Å². The first kappa shape index (κ1) is 16.5. The lowest BCUT2D eigenvalue weighted by Crippen LogP contribution is -2.26. The monoisotopic (exact) mass is 322 g/mol. The lowest BCUT2D eigenvalue weighted by Gasteiger charge is -2.13. The van der Waals surface area contributed by atoms with Crippen LogP contribution in [-0.4, -0.2) is 46.6 Å². The minimum Gasteiger partial charge on any atom is -0.465 e. The van der Waals surface area contributed by atoms with Crippen LogP contribution < -0.4 is 11.1 Å². The van der Waals surface area contributed by atoms with Gasteiger partial charge in [0.1, 0.15) is 5.69 Å². The third kappa shape index (κ3) is 4.09. The summed E-state index contributed by atoms with van der Waals surface area (Å²) in [5, 5.41) is 22.9. The number of amides is 2. The standard InChI is InChI=1S/C14H18N4O5/c15-13(19)10-1-2-11(12(7-10)18(22)23)16-5-3-9-4-6-17(8-9)14(20)21/h1-2,7,9,16H,3-6,8H2,(H2,15,19)(H,20,21)/t9-/m0/s1. The maximum absolute atomic E-state index is 11.1. The number of nitrogens with zero attached hydrogens (tertiary/aromatic N) is 2. The van der Waals surface area contributed by atoms with Crippen LogP contribution in [0.4, 0.5) is 16.2 Å². The number of nitrogens with two attached hydrogens (primary N) is 1. The Morgan fingerprint density at radius 2 is 2.22 bits per heavy atom. The van der Waals surface area contributed by atoms with Crippen LogP contribution in [0.1, 0.15) is 23.2 Å². The maximum Gasteiger partial charge on any atom is 0.407 e. The molecule has 0 aromatic heterocycles. The molecule has 0 saturated carbocycles. The molecule has 0 radical (unpaired) electrons. The maximum atomic E-state index is 11.1. The minimum atomic E-state index is -0.918. The Hall–Kier alpha value is -2.84. The number of anilines is 1. The zero-order chi connectivity index (χ0) is 17.0. The zero-order valence-corrected chi connectivity index (χ0v) is 12.4. The van der Waals surface area contributed by atoms with Crippen LogP contribution in [0.5, 0.6) is 0 Å². The molecule has 1 aliphatic heterocycles. The number of hydrogen-bond donors (Lipinski definition) is 3. The van der Waals surface area contributed by atoms with Crippen molar-refractivity contribution in [3.8, 4) is 0 Å². The molecule has 4 N–H and O–H groups in total. The molecule has 1 saturated heterocycles. The Bertz CT molecular complexity index is 634. The summed E-state index contributed by atoms with van der Waals surface area (Å²) in [6.07, 6.45) is 0.577. The molecule has 1 aromatic rings. The number of likely N-dealkylation sites (tertiary alicyclic amines) is 1. The second-order valence-corrected chi connectivity index (χ2v) is 5.45. The lowest BCUT2D eigenvalue weighted by molar-refractivity contribution is -0.384. The van der Waals surface area contributed by atoms with Crippen LogP contribution in [-0.2, 0) is 0 Å². The van der Waals surface area contributed by atoms with E-state index in [0.29, 0.717) is 31.7 Å². The summed E-state index contributed by atoms with van der Waals surface area (Å²) < 4.78 is 0. The van der Waals surface area contributed by atoms with E-state index in [1.165, 1.54) is 17.0 Å². The first-order valence-electron chi connectivity index (χ1n) is 7.18. The highest BCUT2D eigenvalue weighted by molar-refractivity contribution is 5.94. The first-order valence-corrected chi connectivity index (χ1v) is 7.18. The summed E-state index contributed by atoms with van der Waals surface area (Å²) in [6.45, 7) is 1.49. The topological polar surface area (TPSA) is 139 Å². The van der Waals surface area contributed by atoms with Gasteiger partial charge in [0.25, 0.3) is 5.69 Å². The number of carbonyl (C=O) groups excluding carboxylic acids is 1. The third-order valence-electron chi connectivity index (χ3n) is 3.90. The molecular formula is C14H18N4O5. The molecule has 0 spiro atoms. The number of nitro groups is 1. The van der Waals surface area contributed by atoms with E-state index in [4.69, 9.17) is 10.8 Å². The molecule has 9 heteroatoms. The Morgan fingerprint density at radius 3 is 2.78 bits per heavy atom. The fourth-order valence-corrected chi connectivity index (χ4v) is 2.64. The van der Waals surface area contributed by atoms with E-state index in [0.717, 1.165) is 12.5 Å². The summed E-state index contributed by atoms with van der Waals surface area (Å²) in [6, 6.07) is 4.03. The number of benzene rings is 1. The van der Waals surface area contributed by atoms with Gasteiger partial charge < -0.3 is 21.1 Å². The Morgan fingerprint density at radius 1 is 1.48 bits per heavy atom. The highest BCUT2D eigenvalue weighted by Crippen LogP contribution is 2.26. The highest BCUT2D eigenvalue weighted by Gasteiger charge is 2.25. The average Bonchev–Trinajstić information content (AvgIpc) is 2.96. The van der Waals surface area contributed by atoms with E-state index in [2.05, 4.69) is 5.32 Å². The van der Waals surface area contributed by atoms with Crippen LogP contribution in [0.15, 0.2) is 18.2 Å². The summed E-state index contributed by atoms with van der Waals surface area (Å²) >= 11 is 0. The van der Waals surface area contributed by atoms with Crippen molar-refractivity contribution < 1.29 is 19.6 Å². The molecule has 1 atom stereocenters. The van der Waals surface area contributed by atoms with Crippen molar-refractivity contribution in [3.63, 3.8) is 0 Å². The van der Waals surface area contributed by atoms with Crippen molar-refractivity contribution in [2.75, 3.05) is 25.0 Å². The zero-order valence-electron chi connectivity index (χ0n) is 12.4. The number of carboxylic acid groups (broad SMARTS) is 1. The molecule has 0 unspecified atom stereocenters. The van der Waals surface area contributed by atoms with Gasteiger partial charge in [-0.15, -0.1) is 0 Å². The smallest absolute Gasteiger partial charge is 0.407 e. The van der Waals surface area contributed by atoms with Gasteiger partial charge in [0, 0.05) is 31.3 Å². The Balaban J connectivity index is 1.94. The second-order valence-electron chi connectivity index (χ2n) is 5.45. The van der Waals surface area contributed by atoms with Gasteiger partial charge in [0.05, 0.1) is 4.92 Å². The van der Waals surface area contributed by atoms with Crippen LogP contribution in [0.3, 0.4) is 0 Å². The van der Waals surface area contributed by atoms with Crippen molar-refractivity contribution in [2.24, 2.45) is 11.7 Å². The predicted octanol–water partition coefficient (Wildman–Crippen LogP) is 1.50. The minimum absolute atomic E-state index is 0.0788. The van der Waals surface area contributed by atoms with Gasteiger partial charge in [0.2, 0.25) is 5.91 Å². The molecule has 9 nitrogen and oxygen atoms in total. The van der Waals surface area contributed by atoms with Crippen molar-refractivity contribution >= 4 is 23.4 Å². The fourth-order valence-electron chi connectivity index (χ4n) is 2.64. The molecule has 1 aliphatic rings. The lowest BCUT2D eigenvalue weighted by atomic mass is 10.1. The third-order valence-corrected chi connectivity index (χ3v) is 3.90. The molecule has 1 heterocycles. The van der Waals surface area contributed by atoms with Gasteiger partial charge in [0.15, 0.2) is 0 Å². The van der Waals surface area contributed by atoms with Crippen molar-refractivity contribution in [2.45, 2.75) is 12.8 Å². The van der Waals surface area contributed by atoms with Gasteiger partial charge in [-0.1, -0.05) is 0 Å². The number of nitro benzene ring substituents is 1. The van der Waals surface area contributed by atoms with Crippen LogP contribution in [0, 0.1) is 16.0 Å². The number of nitrogens with one attached hydrogen (secondary N) is 1. The SMILES string of the molecule is NC(=O)c1ccc(NCC[C@H]2CCN(C(=O)O)C2)c([N+](=O)[O-])c1. The van der Waals surface area contributed by atoms with E-state index in [9.17, 15) is 19.7 Å². The molecule has 0 bridgehead atoms. The number of rotatable bonds is 6. The Labute approximate surface area is 132 Å². The van der Waals surface area contributed by atoms with Crippen molar-refractivity contribution in [3.05, 3.63) is 33.9 Å². The molecule has 0 aliphatic carbocycles. The number of hydrogen-bond acceptors (Lipinski definition) is 5. The molecule has 1 fully saturated rings. The van der Waals surface area contributed by atoms with E-state index in [1.807, 2.05) is 0 Å². The Kier molecular flexibility index (Phi) is 4.99. The molecule has 2 amide bonds. The summed E-state index contributed by atoms with van der Waals surface area (Å²) in [4.78, 5) is 33.8. The number of primary amides is 1. The van der Waals surface area contributed by atoms with E-state index >= 15 is 0 Å². The van der Waals surface area contributed by atoms with Crippen molar-refractivity contribution in [1.29, 1.82) is 0 Å². The van der Waals surface area contributed by atoms with Gasteiger partial charge >= 0.3 is 6.09 Å². The summed E-state index contributed by atoms with van der Waals surface area (Å²) in [5.41, 5.74) is 5.30. The molecular weight excluding hydrogens is 304 g/mol. The average molecular weight is 322 g/mol. The summed E-state index contributed by atoms with van der Waals surface area (Å²) in [5.74, 6) is -0.484. The second kappa shape index (κ2) is 6.95. The van der Waals surface area contributed by atoms with E-state index in [1.54, 1.807) is 0 Å². The fraction of sp³-hybridized carbons (Fsp3) is 0.429.